The smallest absolute Gasteiger partial charge is 0.225 e. The molecule has 0 atom stereocenters. The molecule has 0 bridgehead atoms. The van der Waals surface area contributed by atoms with Gasteiger partial charge in [-0.25, -0.2) is 18.4 Å². The Kier molecular flexibility index (Phi) is 5.07. The van der Waals surface area contributed by atoms with Crippen LogP contribution in [0.5, 0.6) is 0 Å². The lowest BCUT2D eigenvalue weighted by molar-refractivity contribution is -0.133. The van der Waals surface area contributed by atoms with Crippen molar-refractivity contribution < 1.29 is 17.9 Å². The zero-order valence-corrected chi connectivity index (χ0v) is 16.4. The zero-order valence-electron chi connectivity index (χ0n) is 15.6. The predicted molar refractivity (Wildman–Crippen MR) is 99.5 cm³/mol. The number of amides is 1. The van der Waals surface area contributed by atoms with Gasteiger partial charge in [0.2, 0.25) is 11.9 Å². The van der Waals surface area contributed by atoms with Crippen molar-refractivity contribution in [2.24, 2.45) is 5.92 Å². The molecule has 0 unspecified atom stereocenters. The molecule has 4 rings (SSSR count). The molecule has 0 N–H and O–H groups in total. The molecule has 0 spiro atoms. The average Bonchev–Trinajstić information content (AvgIpc) is 3.52. The first kappa shape index (κ1) is 18.6. The Bertz CT molecular complexity index is 811. The molecule has 0 radical (unpaired) electrons. The number of hydrogen-bond acceptors (Lipinski definition) is 7. The van der Waals surface area contributed by atoms with Crippen LogP contribution in [-0.4, -0.2) is 74.8 Å². The second-order valence-corrected chi connectivity index (χ2v) is 9.65. The minimum Gasteiger partial charge on any atom is -0.378 e. The Labute approximate surface area is 159 Å². The number of carbonyl (C=O) groups is 1. The normalized spacial score (nSPS) is 22.1. The molecule has 1 aromatic rings. The number of piperidine rings is 1. The number of hydrogen-bond donors (Lipinski definition) is 0. The van der Waals surface area contributed by atoms with Crippen molar-refractivity contribution in [3.05, 3.63) is 11.9 Å². The number of carbonyl (C=O) groups excluding carboxylic acids is 1. The molecule has 1 amide bonds. The van der Waals surface area contributed by atoms with Crippen LogP contribution < -0.4 is 4.90 Å². The molecule has 1 aliphatic carbocycles. The quantitative estimate of drug-likeness (QED) is 0.747. The summed E-state index contributed by atoms with van der Waals surface area (Å²) in [4.78, 5) is 25.4. The summed E-state index contributed by atoms with van der Waals surface area (Å²) in [6, 6.07) is 0. The van der Waals surface area contributed by atoms with Crippen LogP contribution in [0.4, 0.5) is 5.95 Å². The lowest BCUT2D eigenvalue weighted by Gasteiger charge is -2.33. The number of rotatable bonds is 4. The van der Waals surface area contributed by atoms with Crippen LogP contribution >= 0.6 is 0 Å². The second kappa shape index (κ2) is 7.35. The second-order valence-electron chi connectivity index (χ2n) is 7.66. The van der Waals surface area contributed by atoms with E-state index in [1.165, 1.54) is 12.5 Å². The van der Waals surface area contributed by atoms with E-state index in [0.717, 1.165) is 25.7 Å². The maximum absolute atomic E-state index is 12.3. The number of nitrogens with zero attached hydrogens (tertiary/aromatic N) is 4. The summed E-state index contributed by atoms with van der Waals surface area (Å²) in [6.45, 7) is 3.97. The van der Waals surface area contributed by atoms with E-state index in [1.54, 1.807) is 0 Å². The van der Waals surface area contributed by atoms with E-state index in [2.05, 4.69) is 9.97 Å². The van der Waals surface area contributed by atoms with Crippen molar-refractivity contribution in [1.29, 1.82) is 0 Å². The van der Waals surface area contributed by atoms with Gasteiger partial charge in [0.05, 0.1) is 25.1 Å². The molecule has 2 aliphatic heterocycles. The lowest BCUT2D eigenvalue weighted by Crippen LogP contribution is -2.40. The highest BCUT2D eigenvalue weighted by molar-refractivity contribution is 7.90. The van der Waals surface area contributed by atoms with E-state index in [9.17, 15) is 13.2 Å². The minimum absolute atomic E-state index is 0.0285. The number of aromatic nitrogens is 2. The van der Waals surface area contributed by atoms with E-state index in [0.29, 0.717) is 51.0 Å². The molecule has 3 fully saturated rings. The average molecular weight is 394 g/mol. The van der Waals surface area contributed by atoms with Crippen LogP contribution in [-0.2, 0) is 19.4 Å². The Hall–Kier alpha value is -1.74. The first-order valence-electron chi connectivity index (χ1n) is 9.62. The highest BCUT2D eigenvalue weighted by atomic mass is 32.2. The molecule has 0 aromatic carbocycles. The summed E-state index contributed by atoms with van der Waals surface area (Å²) in [5, 5.41) is 0. The maximum Gasteiger partial charge on any atom is 0.225 e. The van der Waals surface area contributed by atoms with Gasteiger partial charge >= 0.3 is 0 Å². The van der Waals surface area contributed by atoms with Crippen molar-refractivity contribution in [2.75, 3.05) is 50.5 Å². The van der Waals surface area contributed by atoms with E-state index in [1.807, 2.05) is 9.80 Å². The molecule has 9 heteroatoms. The number of sulfone groups is 1. The standard InChI is InChI=1S/C18H26N4O4S/c1-27(24,25)15-12-19-18(22-8-10-26-11-9-22)20-16(15)13-4-6-21(7-5-13)17(23)14-2-3-14/h12-14H,2-11H2,1H3. The summed E-state index contributed by atoms with van der Waals surface area (Å²) in [5.41, 5.74) is 0.604. The maximum atomic E-state index is 12.3. The van der Waals surface area contributed by atoms with E-state index in [-0.39, 0.29) is 22.6 Å². The van der Waals surface area contributed by atoms with Gasteiger partial charge in [-0.05, 0) is 25.7 Å². The van der Waals surface area contributed by atoms with Gasteiger partial charge in [-0.3, -0.25) is 4.79 Å². The highest BCUT2D eigenvalue weighted by Gasteiger charge is 2.36. The van der Waals surface area contributed by atoms with Crippen LogP contribution in [0, 0.1) is 5.92 Å². The van der Waals surface area contributed by atoms with Gasteiger partial charge in [-0.15, -0.1) is 0 Å². The number of anilines is 1. The van der Waals surface area contributed by atoms with Crippen LogP contribution in [0.15, 0.2) is 11.1 Å². The number of morpholine rings is 1. The summed E-state index contributed by atoms with van der Waals surface area (Å²) in [6.07, 6.45) is 6.14. The minimum atomic E-state index is -3.41. The first-order chi connectivity index (χ1) is 12.9. The Balaban J connectivity index is 1.56. The van der Waals surface area contributed by atoms with Crippen LogP contribution in [0.3, 0.4) is 0 Å². The third-order valence-corrected chi connectivity index (χ3v) is 6.70. The molecular weight excluding hydrogens is 368 g/mol. The molecular formula is C18H26N4O4S. The fraction of sp³-hybridized carbons (Fsp3) is 0.722. The van der Waals surface area contributed by atoms with Gasteiger partial charge in [0.25, 0.3) is 0 Å². The summed E-state index contributed by atoms with van der Waals surface area (Å²) in [5.74, 6) is 1.08. The summed E-state index contributed by atoms with van der Waals surface area (Å²) >= 11 is 0. The fourth-order valence-corrected chi connectivity index (χ4v) is 4.67. The SMILES string of the molecule is CS(=O)(=O)c1cnc(N2CCOCC2)nc1C1CCN(C(=O)C2CC2)CC1. The molecule has 3 aliphatic rings. The molecule has 27 heavy (non-hydrogen) atoms. The largest absolute Gasteiger partial charge is 0.378 e. The third kappa shape index (κ3) is 4.08. The predicted octanol–water partition coefficient (Wildman–Crippen LogP) is 0.833. The monoisotopic (exact) mass is 394 g/mol. The molecule has 8 nitrogen and oxygen atoms in total. The summed E-state index contributed by atoms with van der Waals surface area (Å²) in [7, 11) is -3.41. The van der Waals surface area contributed by atoms with E-state index in [4.69, 9.17) is 4.74 Å². The van der Waals surface area contributed by atoms with Crippen LogP contribution in [0.2, 0.25) is 0 Å². The fourth-order valence-electron chi connectivity index (χ4n) is 3.83. The van der Waals surface area contributed by atoms with E-state index >= 15 is 0 Å². The highest BCUT2D eigenvalue weighted by Crippen LogP contribution is 2.35. The first-order valence-corrected chi connectivity index (χ1v) is 11.5. The van der Waals surface area contributed by atoms with Crippen molar-refractivity contribution >= 4 is 21.7 Å². The van der Waals surface area contributed by atoms with E-state index < -0.39 is 9.84 Å². The topological polar surface area (TPSA) is 92.7 Å². The Morgan fingerprint density at radius 2 is 1.78 bits per heavy atom. The molecule has 148 valence electrons. The van der Waals surface area contributed by atoms with Crippen molar-refractivity contribution in [3.63, 3.8) is 0 Å². The van der Waals surface area contributed by atoms with Crippen LogP contribution in [0.25, 0.3) is 0 Å². The molecule has 1 saturated carbocycles. The Morgan fingerprint density at radius 1 is 1.11 bits per heavy atom. The van der Waals surface area contributed by atoms with Gasteiger partial charge in [0, 0.05) is 44.3 Å². The van der Waals surface area contributed by atoms with Gasteiger partial charge < -0.3 is 14.5 Å². The molecule has 3 heterocycles. The number of likely N-dealkylation sites (tertiary alicyclic amines) is 1. The molecule has 2 saturated heterocycles. The summed E-state index contributed by atoms with van der Waals surface area (Å²) < 4.78 is 29.9. The van der Waals surface area contributed by atoms with Gasteiger partial charge in [-0.1, -0.05) is 0 Å². The van der Waals surface area contributed by atoms with Crippen molar-refractivity contribution in [1.82, 2.24) is 14.9 Å². The zero-order chi connectivity index (χ0) is 19.0. The number of ether oxygens (including phenoxy) is 1. The molecule has 1 aromatic heterocycles. The van der Waals surface area contributed by atoms with Crippen molar-refractivity contribution in [2.45, 2.75) is 36.5 Å². The Morgan fingerprint density at radius 3 is 2.37 bits per heavy atom. The van der Waals surface area contributed by atoms with Gasteiger partial charge in [0.1, 0.15) is 4.90 Å². The van der Waals surface area contributed by atoms with Crippen LogP contribution in [0.1, 0.15) is 37.3 Å². The van der Waals surface area contributed by atoms with Gasteiger partial charge in [0.15, 0.2) is 9.84 Å². The third-order valence-electron chi connectivity index (χ3n) is 5.58. The lowest BCUT2D eigenvalue weighted by atomic mass is 9.93. The van der Waals surface area contributed by atoms with Gasteiger partial charge in [-0.2, -0.15) is 0 Å². The van der Waals surface area contributed by atoms with Crippen molar-refractivity contribution in [3.8, 4) is 0 Å².